The van der Waals surface area contributed by atoms with Crippen LogP contribution in [0.4, 0.5) is 0 Å². The lowest BCUT2D eigenvalue weighted by molar-refractivity contribution is 0.174. The van der Waals surface area contributed by atoms with E-state index in [-0.39, 0.29) is 6.79 Å². The highest BCUT2D eigenvalue weighted by Crippen LogP contribution is 2.32. The molecule has 0 N–H and O–H groups in total. The van der Waals surface area contributed by atoms with E-state index in [4.69, 9.17) is 37.4 Å². The quantitative estimate of drug-likeness (QED) is 0.405. The molecule has 29 heavy (non-hydrogen) atoms. The van der Waals surface area contributed by atoms with E-state index in [2.05, 4.69) is 10.1 Å². The van der Waals surface area contributed by atoms with Gasteiger partial charge < -0.3 is 14.2 Å². The molecule has 1 aliphatic rings. The molecule has 1 aliphatic heterocycles. The summed E-state index contributed by atoms with van der Waals surface area (Å²) in [5.41, 5.74) is 2.64. The molecule has 0 bridgehead atoms. The predicted molar refractivity (Wildman–Crippen MR) is 116 cm³/mol. The topological polar surface area (TPSA) is 57.3 Å². The molecule has 0 saturated heterocycles. The van der Waals surface area contributed by atoms with Gasteiger partial charge in [-0.3, -0.25) is 4.99 Å². The smallest absolute Gasteiger partial charge is 0.231 e. The number of benzene rings is 2. The number of ether oxygens (including phenoxy) is 3. The van der Waals surface area contributed by atoms with E-state index in [9.17, 15) is 0 Å². The highest BCUT2D eigenvalue weighted by Gasteiger charge is 2.13. The van der Waals surface area contributed by atoms with Crippen molar-refractivity contribution in [2.75, 3.05) is 27.1 Å². The molecule has 2 heterocycles. The molecule has 0 atom stereocenters. The Hall–Kier alpha value is -2.32. The Bertz CT molecular complexity index is 1120. The monoisotopic (exact) mass is 449 g/mol. The van der Waals surface area contributed by atoms with Crippen molar-refractivity contribution < 1.29 is 14.2 Å². The summed E-state index contributed by atoms with van der Waals surface area (Å²) in [6, 6.07) is 11.2. The Kier molecular flexibility index (Phi) is 6.20. The minimum atomic E-state index is 0.235. The molecule has 0 spiro atoms. The zero-order valence-corrected chi connectivity index (χ0v) is 17.8. The van der Waals surface area contributed by atoms with Gasteiger partial charge in [-0.25, -0.2) is 4.68 Å². The summed E-state index contributed by atoms with van der Waals surface area (Å²) in [6.45, 7) is 1.31. The van der Waals surface area contributed by atoms with Gasteiger partial charge in [0.1, 0.15) is 0 Å². The predicted octanol–water partition coefficient (Wildman–Crippen LogP) is 4.68. The third kappa shape index (κ3) is 4.48. The van der Waals surface area contributed by atoms with Gasteiger partial charge in [0.05, 0.1) is 35.1 Å². The van der Waals surface area contributed by atoms with E-state index in [0.717, 1.165) is 27.4 Å². The molecule has 0 unspecified atom stereocenters. The number of hydrogen-bond acceptors (Lipinski definition) is 6. The molecule has 3 aromatic rings. The average Bonchev–Trinajstić information content (AvgIpc) is 3.35. The van der Waals surface area contributed by atoms with Crippen molar-refractivity contribution in [2.45, 2.75) is 0 Å². The number of hydrogen-bond donors (Lipinski definition) is 0. The summed E-state index contributed by atoms with van der Waals surface area (Å²) in [4.78, 5) is 5.34. The first-order valence-electron chi connectivity index (χ1n) is 8.75. The molecule has 0 saturated carbocycles. The zero-order chi connectivity index (χ0) is 20.2. The van der Waals surface area contributed by atoms with Gasteiger partial charge in [0.25, 0.3) is 0 Å². The van der Waals surface area contributed by atoms with Crippen LogP contribution in [0.1, 0.15) is 5.56 Å². The molecule has 1 aromatic heterocycles. The standard InChI is InChI=1S/C20H17Cl2N3O3S/c1-26-7-6-23-20-25(17(11-29-20)14-3-4-15(21)16(22)9-14)24-10-13-2-5-18-19(8-13)28-12-27-18/h2-5,8-11H,6-7,12H2,1H3. The first-order valence-corrected chi connectivity index (χ1v) is 10.4. The summed E-state index contributed by atoms with van der Waals surface area (Å²) in [7, 11) is 1.65. The van der Waals surface area contributed by atoms with Crippen LogP contribution in [0.2, 0.25) is 10.0 Å². The number of nitrogens with zero attached hydrogens (tertiary/aromatic N) is 3. The van der Waals surface area contributed by atoms with E-state index < -0.39 is 0 Å². The van der Waals surface area contributed by atoms with E-state index >= 15 is 0 Å². The molecular formula is C20H17Cl2N3O3S. The molecule has 0 amide bonds. The summed E-state index contributed by atoms with van der Waals surface area (Å²) in [5, 5.41) is 7.64. The van der Waals surface area contributed by atoms with Crippen molar-refractivity contribution in [1.82, 2.24) is 4.68 Å². The van der Waals surface area contributed by atoms with Gasteiger partial charge in [-0.15, -0.1) is 11.3 Å². The van der Waals surface area contributed by atoms with Gasteiger partial charge in [-0.05, 0) is 35.9 Å². The lowest BCUT2D eigenvalue weighted by Gasteiger charge is -2.05. The Labute approximate surface area is 181 Å². The molecule has 6 nitrogen and oxygen atoms in total. The molecule has 9 heteroatoms. The summed E-state index contributed by atoms with van der Waals surface area (Å²) in [5.74, 6) is 1.44. The molecular weight excluding hydrogens is 433 g/mol. The van der Waals surface area contributed by atoms with Crippen LogP contribution in [0.15, 0.2) is 51.9 Å². The van der Waals surface area contributed by atoms with Crippen molar-refractivity contribution in [3.05, 3.63) is 62.2 Å². The number of fused-ring (bicyclic) bond motifs is 1. The Morgan fingerprint density at radius 2 is 2.00 bits per heavy atom. The van der Waals surface area contributed by atoms with Crippen LogP contribution in [0.25, 0.3) is 11.3 Å². The van der Waals surface area contributed by atoms with Crippen molar-refractivity contribution in [2.24, 2.45) is 10.1 Å². The molecule has 2 aromatic carbocycles. The maximum atomic E-state index is 6.21. The fourth-order valence-corrected chi connectivity index (χ4v) is 3.89. The van der Waals surface area contributed by atoms with Gasteiger partial charge in [0.2, 0.25) is 11.6 Å². The second-order valence-electron chi connectivity index (χ2n) is 6.08. The maximum Gasteiger partial charge on any atom is 0.231 e. The van der Waals surface area contributed by atoms with E-state index in [0.29, 0.717) is 28.9 Å². The van der Waals surface area contributed by atoms with Gasteiger partial charge in [-0.2, -0.15) is 5.10 Å². The number of rotatable bonds is 6. The van der Waals surface area contributed by atoms with E-state index in [1.165, 1.54) is 11.3 Å². The van der Waals surface area contributed by atoms with Crippen molar-refractivity contribution >= 4 is 40.8 Å². The van der Waals surface area contributed by atoms with Crippen LogP contribution in [0, 0.1) is 0 Å². The average molecular weight is 450 g/mol. The van der Waals surface area contributed by atoms with Crippen LogP contribution < -0.4 is 14.3 Å². The summed E-state index contributed by atoms with van der Waals surface area (Å²) >= 11 is 13.8. The van der Waals surface area contributed by atoms with Gasteiger partial charge in [0.15, 0.2) is 11.5 Å². The van der Waals surface area contributed by atoms with Crippen LogP contribution in [-0.4, -0.2) is 37.9 Å². The van der Waals surface area contributed by atoms with Crippen molar-refractivity contribution in [3.63, 3.8) is 0 Å². The van der Waals surface area contributed by atoms with Crippen molar-refractivity contribution in [1.29, 1.82) is 0 Å². The fourth-order valence-electron chi connectivity index (χ4n) is 2.72. The molecule has 150 valence electrons. The second kappa shape index (κ2) is 9.00. The van der Waals surface area contributed by atoms with Crippen LogP contribution in [0.5, 0.6) is 11.5 Å². The van der Waals surface area contributed by atoms with Gasteiger partial charge >= 0.3 is 0 Å². The van der Waals surface area contributed by atoms with Crippen LogP contribution in [0.3, 0.4) is 0 Å². The second-order valence-corrected chi connectivity index (χ2v) is 7.73. The Morgan fingerprint density at radius 3 is 2.83 bits per heavy atom. The van der Waals surface area contributed by atoms with E-state index in [1.54, 1.807) is 24.1 Å². The number of methoxy groups -OCH3 is 1. The number of halogens is 2. The normalized spacial score (nSPS) is 13.6. The Balaban J connectivity index is 1.73. The van der Waals surface area contributed by atoms with Crippen molar-refractivity contribution in [3.8, 4) is 22.8 Å². The van der Waals surface area contributed by atoms with Gasteiger partial charge in [0, 0.05) is 18.1 Å². The minimum Gasteiger partial charge on any atom is -0.454 e. The summed E-state index contributed by atoms with van der Waals surface area (Å²) < 4.78 is 17.7. The third-order valence-corrected chi connectivity index (χ3v) is 5.76. The Morgan fingerprint density at radius 1 is 1.14 bits per heavy atom. The molecule has 0 aliphatic carbocycles. The van der Waals surface area contributed by atoms with Crippen LogP contribution >= 0.6 is 34.5 Å². The zero-order valence-electron chi connectivity index (χ0n) is 15.5. The fraction of sp³-hybridized carbons (Fsp3) is 0.200. The van der Waals surface area contributed by atoms with E-state index in [1.807, 2.05) is 35.7 Å². The highest BCUT2D eigenvalue weighted by molar-refractivity contribution is 7.07. The third-order valence-electron chi connectivity index (χ3n) is 4.16. The number of thiazole rings is 1. The maximum absolute atomic E-state index is 6.21. The molecule has 0 radical (unpaired) electrons. The molecule has 0 fully saturated rings. The lowest BCUT2D eigenvalue weighted by Crippen LogP contribution is -2.13. The highest BCUT2D eigenvalue weighted by atomic mass is 35.5. The SMILES string of the molecule is COCCN=c1scc(-c2ccc(Cl)c(Cl)c2)n1N=Cc1ccc2c(c1)OCO2. The first kappa shape index (κ1) is 20.0. The largest absolute Gasteiger partial charge is 0.454 e. The first-order chi connectivity index (χ1) is 14.2. The van der Waals surface area contributed by atoms with Gasteiger partial charge in [-0.1, -0.05) is 29.3 Å². The lowest BCUT2D eigenvalue weighted by atomic mass is 10.2. The minimum absolute atomic E-state index is 0.235. The van der Waals surface area contributed by atoms with Crippen LogP contribution in [-0.2, 0) is 4.74 Å². The summed E-state index contributed by atoms with van der Waals surface area (Å²) in [6.07, 6.45) is 1.76. The number of aromatic nitrogens is 1. The molecule has 4 rings (SSSR count).